The number of aromatic nitrogens is 4. The quantitative estimate of drug-likeness (QED) is 0.370. The molecule has 1 amide bonds. The summed E-state index contributed by atoms with van der Waals surface area (Å²) in [5, 5.41) is 4.39. The molecule has 0 saturated heterocycles. The SMILES string of the molecule is COCCn1cc(-c2ccc(CN3C(=O)Cc4cnc(-c5ccccc5C(C)C)nc43)cc2)cn1. The van der Waals surface area contributed by atoms with E-state index in [0.29, 0.717) is 37.1 Å². The van der Waals surface area contributed by atoms with Gasteiger partial charge in [-0.05, 0) is 22.6 Å². The van der Waals surface area contributed by atoms with Crippen molar-refractivity contribution in [2.75, 3.05) is 18.6 Å². The van der Waals surface area contributed by atoms with Gasteiger partial charge in [-0.2, -0.15) is 5.10 Å². The third-order valence-corrected chi connectivity index (χ3v) is 6.35. The van der Waals surface area contributed by atoms with E-state index in [2.05, 4.69) is 54.3 Å². The van der Waals surface area contributed by atoms with Crippen LogP contribution in [0.4, 0.5) is 5.82 Å². The lowest BCUT2D eigenvalue weighted by Gasteiger charge is -2.18. The van der Waals surface area contributed by atoms with Crippen LogP contribution >= 0.6 is 0 Å². The first kappa shape index (κ1) is 22.9. The van der Waals surface area contributed by atoms with Crippen molar-refractivity contribution in [1.82, 2.24) is 19.7 Å². The van der Waals surface area contributed by atoms with Crippen LogP contribution in [0.25, 0.3) is 22.5 Å². The molecule has 4 aromatic rings. The molecule has 0 fully saturated rings. The molecule has 0 spiro atoms. The zero-order valence-electron chi connectivity index (χ0n) is 20.3. The van der Waals surface area contributed by atoms with Crippen LogP contribution in [0.3, 0.4) is 0 Å². The number of carbonyl (C=O) groups is 1. The Bertz CT molecular complexity index is 1340. The third kappa shape index (κ3) is 4.72. The second-order valence-electron chi connectivity index (χ2n) is 9.12. The smallest absolute Gasteiger partial charge is 0.233 e. The number of benzene rings is 2. The van der Waals surface area contributed by atoms with Gasteiger partial charge in [-0.15, -0.1) is 0 Å². The van der Waals surface area contributed by atoms with Gasteiger partial charge in [0.1, 0.15) is 5.82 Å². The highest BCUT2D eigenvalue weighted by Gasteiger charge is 2.30. The number of rotatable bonds is 8. The highest BCUT2D eigenvalue weighted by Crippen LogP contribution is 2.33. The fraction of sp³-hybridized carbons (Fsp3) is 0.286. The second-order valence-corrected chi connectivity index (χ2v) is 9.12. The Morgan fingerprint density at radius 3 is 2.60 bits per heavy atom. The highest BCUT2D eigenvalue weighted by atomic mass is 16.5. The van der Waals surface area contributed by atoms with Gasteiger partial charge >= 0.3 is 0 Å². The summed E-state index contributed by atoms with van der Waals surface area (Å²) >= 11 is 0. The predicted molar refractivity (Wildman–Crippen MR) is 136 cm³/mol. The molecule has 3 heterocycles. The van der Waals surface area contributed by atoms with Crippen molar-refractivity contribution in [3.63, 3.8) is 0 Å². The maximum absolute atomic E-state index is 12.9. The van der Waals surface area contributed by atoms with E-state index < -0.39 is 0 Å². The maximum Gasteiger partial charge on any atom is 0.233 e. The van der Waals surface area contributed by atoms with Crippen LogP contribution in [0.1, 0.15) is 36.5 Å². The van der Waals surface area contributed by atoms with Gasteiger partial charge in [-0.25, -0.2) is 9.97 Å². The first-order valence-electron chi connectivity index (χ1n) is 11.9. The fourth-order valence-electron chi connectivity index (χ4n) is 4.43. The number of nitrogens with zero attached hydrogens (tertiary/aromatic N) is 5. The predicted octanol–water partition coefficient (Wildman–Crippen LogP) is 4.87. The molecule has 1 aliphatic heterocycles. The van der Waals surface area contributed by atoms with E-state index in [0.717, 1.165) is 34.4 Å². The van der Waals surface area contributed by atoms with Gasteiger partial charge in [0.2, 0.25) is 5.91 Å². The van der Waals surface area contributed by atoms with Crippen molar-refractivity contribution in [1.29, 1.82) is 0 Å². The zero-order valence-corrected chi connectivity index (χ0v) is 20.3. The molecule has 2 aromatic carbocycles. The van der Waals surface area contributed by atoms with E-state index in [1.165, 1.54) is 5.56 Å². The average molecular weight is 468 g/mol. The van der Waals surface area contributed by atoms with Crippen molar-refractivity contribution in [3.8, 4) is 22.5 Å². The first-order chi connectivity index (χ1) is 17.0. The molecule has 7 nitrogen and oxygen atoms in total. The molecule has 0 bridgehead atoms. The summed E-state index contributed by atoms with van der Waals surface area (Å²) < 4.78 is 7.00. The van der Waals surface area contributed by atoms with Crippen molar-refractivity contribution < 1.29 is 9.53 Å². The Morgan fingerprint density at radius 1 is 1.03 bits per heavy atom. The molecule has 0 unspecified atom stereocenters. The van der Waals surface area contributed by atoms with Gasteiger partial charge < -0.3 is 4.74 Å². The molecule has 178 valence electrons. The minimum Gasteiger partial charge on any atom is -0.383 e. The van der Waals surface area contributed by atoms with E-state index in [1.54, 1.807) is 18.2 Å². The van der Waals surface area contributed by atoms with Crippen LogP contribution < -0.4 is 4.90 Å². The normalized spacial score (nSPS) is 13.0. The van der Waals surface area contributed by atoms with Crippen molar-refractivity contribution >= 4 is 11.7 Å². The number of methoxy groups -OCH3 is 1. The molecule has 0 radical (unpaired) electrons. The Morgan fingerprint density at radius 2 is 1.83 bits per heavy atom. The molecular weight excluding hydrogens is 438 g/mol. The Labute approximate surface area is 205 Å². The van der Waals surface area contributed by atoms with Crippen molar-refractivity contribution in [3.05, 3.63) is 83.8 Å². The number of hydrogen-bond donors (Lipinski definition) is 0. The number of anilines is 1. The van der Waals surface area contributed by atoms with E-state index in [4.69, 9.17) is 9.72 Å². The summed E-state index contributed by atoms with van der Waals surface area (Å²) in [7, 11) is 1.68. The Balaban J connectivity index is 1.37. The monoisotopic (exact) mass is 467 g/mol. The number of carbonyl (C=O) groups excluding carboxylic acids is 1. The van der Waals surface area contributed by atoms with Crippen LogP contribution in [0.5, 0.6) is 0 Å². The summed E-state index contributed by atoms with van der Waals surface area (Å²) in [4.78, 5) is 24.1. The van der Waals surface area contributed by atoms with Crippen LogP contribution in [-0.4, -0.2) is 39.4 Å². The molecule has 0 saturated carbocycles. The summed E-state index contributed by atoms with van der Waals surface area (Å²) in [5.74, 6) is 1.77. The van der Waals surface area contributed by atoms with Crippen molar-refractivity contribution in [2.24, 2.45) is 0 Å². The molecule has 7 heteroatoms. The van der Waals surface area contributed by atoms with Gasteiger partial charge in [0.15, 0.2) is 5.82 Å². The lowest BCUT2D eigenvalue weighted by molar-refractivity contribution is -0.117. The summed E-state index contributed by atoms with van der Waals surface area (Å²) in [6.45, 7) is 6.14. The second kappa shape index (κ2) is 9.80. The molecule has 0 N–H and O–H groups in total. The summed E-state index contributed by atoms with van der Waals surface area (Å²) in [6, 6.07) is 16.5. The largest absolute Gasteiger partial charge is 0.383 e. The standard InChI is InChI=1S/C28H29N5O2/c1-19(2)24-6-4-5-7-25(24)27-29-15-22-14-26(34)33(28(22)31-27)17-20-8-10-21(11-9-20)23-16-30-32(18-23)12-13-35-3/h4-11,15-16,18-19H,12-14,17H2,1-3H3. The average Bonchev–Trinajstić information content (AvgIpc) is 3.47. The number of fused-ring (bicyclic) bond motifs is 1. The zero-order chi connectivity index (χ0) is 24.4. The van der Waals surface area contributed by atoms with Crippen LogP contribution in [-0.2, 0) is 29.0 Å². The van der Waals surface area contributed by atoms with Gasteiger partial charge in [-0.3, -0.25) is 14.4 Å². The topological polar surface area (TPSA) is 73.1 Å². The van der Waals surface area contributed by atoms with Crippen molar-refractivity contribution in [2.45, 2.75) is 39.3 Å². The van der Waals surface area contributed by atoms with Crippen LogP contribution in [0.15, 0.2) is 67.1 Å². The molecule has 35 heavy (non-hydrogen) atoms. The molecule has 0 atom stereocenters. The van der Waals surface area contributed by atoms with Gasteiger partial charge in [0, 0.05) is 36.2 Å². The van der Waals surface area contributed by atoms with E-state index in [1.807, 2.05) is 35.3 Å². The number of amides is 1. The highest BCUT2D eigenvalue weighted by molar-refractivity contribution is 6.00. The van der Waals surface area contributed by atoms with Gasteiger partial charge in [0.05, 0.1) is 32.3 Å². The lowest BCUT2D eigenvalue weighted by Crippen LogP contribution is -2.26. The Hall–Kier alpha value is -3.84. The lowest BCUT2D eigenvalue weighted by atomic mass is 9.97. The molecule has 0 aliphatic carbocycles. The Kier molecular flexibility index (Phi) is 6.42. The molecule has 1 aliphatic rings. The minimum absolute atomic E-state index is 0.0482. The van der Waals surface area contributed by atoms with Gasteiger partial charge in [0.25, 0.3) is 0 Å². The van der Waals surface area contributed by atoms with Crippen LogP contribution in [0.2, 0.25) is 0 Å². The maximum atomic E-state index is 12.9. The number of ether oxygens (including phenoxy) is 1. The van der Waals surface area contributed by atoms with E-state index in [9.17, 15) is 4.79 Å². The molecule has 5 rings (SSSR count). The summed E-state index contributed by atoms with van der Waals surface area (Å²) in [5.41, 5.74) is 6.27. The first-order valence-corrected chi connectivity index (χ1v) is 11.9. The van der Waals surface area contributed by atoms with E-state index >= 15 is 0 Å². The van der Waals surface area contributed by atoms with Crippen LogP contribution in [0, 0.1) is 0 Å². The number of hydrogen-bond acceptors (Lipinski definition) is 5. The minimum atomic E-state index is 0.0482. The molecule has 2 aromatic heterocycles. The molecular formula is C28H29N5O2. The van der Waals surface area contributed by atoms with Gasteiger partial charge in [-0.1, -0.05) is 62.4 Å². The third-order valence-electron chi connectivity index (χ3n) is 6.35. The van der Waals surface area contributed by atoms with E-state index in [-0.39, 0.29) is 5.91 Å². The fourth-order valence-corrected chi connectivity index (χ4v) is 4.43. The summed E-state index contributed by atoms with van der Waals surface area (Å²) in [6.07, 6.45) is 6.01.